The van der Waals surface area contributed by atoms with E-state index in [1.807, 2.05) is 13.0 Å². The second-order valence-corrected chi connectivity index (χ2v) is 5.60. The zero-order chi connectivity index (χ0) is 17.5. The molecule has 2 aromatic rings. The van der Waals surface area contributed by atoms with Crippen LogP contribution in [0.5, 0.6) is 0 Å². The van der Waals surface area contributed by atoms with E-state index in [2.05, 4.69) is 5.32 Å². The molecular formula is C19H20FNO3. The largest absolute Gasteiger partial charge is 0.481 e. The Bertz CT molecular complexity index is 713. The van der Waals surface area contributed by atoms with E-state index in [1.54, 1.807) is 30.3 Å². The van der Waals surface area contributed by atoms with Gasteiger partial charge in [-0.05, 0) is 48.2 Å². The topological polar surface area (TPSA) is 66.4 Å². The summed E-state index contributed by atoms with van der Waals surface area (Å²) in [5.74, 6) is -1.72. The third-order valence-corrected chi connectivity index (χ3v) is 3.82. The molecule has 2 aromatic carbocycles. The third kappa shape index (κ3) is 4.91. The molecule has 0 bridgehead atoms. The molecule has 5 heteroatoms. The number of carboxylic acid groups (broad SMARTS) is 1. The minimum atomic E-state index is -0.855. The van der Waals surface area contributed by atoms with E-state index in [4.69, 9.17) is 5.11 Å². The van der Waals surface area contributed by atoms with Crippen LogP contribution >= 0.6 is 0 Å². The van der Waals surface area contributed by atoms with Gasteiger partial charge in [-0.1, -0.05) is 31.2 Å². The number of carbonyl (C=O) groups excluding carboxylic acids is 1. The summed E-state index contributed by atoms with van der Waals surface area (Å²) >= 11 is 0. The molecule has 1 unspecified atom stereocenters. The average Bonchev–Trinajstić information content (AvgIpc) is 2.56. The van der Waals surface area contributed by atoms with Crippen molar-refractivity contribution < 1.29 is 19.1 Å². The van der Waals surface area contributed by atoms with Gasteiger partial charge in [0.25, 0.3) is 0 Å². The number of carboxylic acids is 1. The van der Waals surface area contributed by atoms with Gasteiger partial charge in [0.2, 0.25) is 5.91 Å². The number of anilines is 1. The number of benzene rings is 2. The number of hydrogen-bond donors (Lipinski definition) is 2. The molecule has 0 aromatic heterocycles. The van der Waals surface area contributed by atoms with Gasteiger partial charge in [0.1, 0.15) is 5.82 Å². The summed E-state index contributed by atoms with van der Waals surface area (Å²) in [5.41, 5.74) is 2.24. The first-order valence-electron chi connectivity index (χ1n) is 7.86. The number of amides is 1. The zero-order valence-corrected chi connectivity index (χ0v) is 13.5. The maximum Gasteiger partial charge on any atom is 0.303 e. The number of nitrogens with one attached hydrogen (secondary N) is 1. The number of hydrogen-bond acceptors (Lipinski definition) is 2. The van der Waals surface area contributed by atoms with Gasteiger partial charge in [-0.15, -0.1) is 0 Å². The molecule has 2 N–H and O–H groups in total. The first kappa shape index (κ1) is 17.7. The fourth-order valence-corrected chi connectivity index (χ4v) is 2.55. The van der Waals surface area contributed by atoms with Crippen molar-refractivity contribution in [2.75, 3.05) is 5.32 Å². The Kier molecular flexibility index (Phi) is 6.07. The Balaban J connectivity index is 2.08. The molecule has 0 aliphatic rings. The predicted molar refractivity (Wildman–Crippen MR) is 90.5 cm³/mol. The number of rotatable bonds is 7. The van der Waals surface area contributed by atoms with E-state index in [0.717, 1.165) is 11.1 Å². The molecule has 1 atom stereocenters. The molecule has 24 heavy (non-hydrogen) atoms. The first-order valence-corrected chi connectivity index (χ1v) is 7.86. The van der Waals surface area contributed by atoms with E-state index in [0.29, 0.717) is 18.5 Å². The molecule has 0 saturated heterocycles. The summed E-state index contributed by atoms with van der Waals surface area (Å²) < 4.78 is 13.0. The molecular weight excluding hydrogens is 309 g/mol. The highest BCUT2D eigenvalue weighted by molar-refractivity contribution is 5.95. The number of carbonyl (C=O) groups is 2. The van der Waals surface area contributed by atoms with E-state index >= 15 is 0 Å². The Hall–Kier alpha value is -2.69. The lowest BCUT2D eigenvalue weighted by atomic mass is 9.95. The molecule has 0 radical (unpaired) electrons. The van der Waals surface area contributed by atoms with Crippen molar-refractivity contribution in [2.45, 2.75) is 32.1 Å². The second kappa shape index (κ2) is 8.24. The van der Waals surface area contributed by atoms with Crippen LogP contribution in [0.1, 0.15) is 36.8 Å². The molecule has 126 valence electrons. The predicted octanol–water partition coefficient (Wildman–Crippen LogP) is 3.98. The molecule has 0 aliphatic carbocycles. The number of halogens is 1. The maximum absolute atomic E-state index is 13.0. The average molecular weight is 329 g/mol. The lowest BCUT2D eigenvalue weighted by molar-refractivity contribution is -0.137. The minimum absolute atomic E-state index is 0.0462. The molecule has 1 amide bonds. The molecule has 2 rings (SSSR count). The smallest absolute Gasteiger partial charge is 0.303 e. The van der Waals surface area contributed by atoms with Crippen LogP contribution < -0.4 is 5.32 Å². The fraction of sp³-hybridized carbons (Fsp3) is 0.263. The van der Waals surface area contributed by atoms with Gasteiger partial charge < -0.3 is 10.4 Å². The first-order chi connectivity index (χ1) is 11.5. The standard InChI is InChI=1S/C19H20FNO3/c1-2-17(14-7-9-15(20)10-8-14)19(24)21-16-5-3-4-13(12-16)6-11-18(22)23/h3-5,7-10,12,17H,2,6,11H2,1H3,(H,21,24)(H,22,23). The minimum Gasteiger partial charge on any atom is -0.481 e. The SMILES string of the molecule is CCC(C(=O)Nc1cccc(CCC(=O)O)c1)c1ccc(F)cc1. The summed E-state index contributed by atoms with van der Waals surface area (Å²) in [6, 6.07) is 13.1. The van der Waals surface area contributed by atoms with Crippen LogP contribution in [0.15, 0.2) is 48.5 Å². The molecule has 0 saturated carbocycles. The van der Waals surface area contributed by atoms with Gasteiger partial charge in [0.05, 0.1) is 5.92 Å². The maximum atomic E-state index is 13.0. The molecule has 0 fully saturated rings. The summed E-state index contributed by atoms with van der Waals surface area (Å²) in [6.45, 7) is 1.90. The third-order valence-electron chi connectivity index (χ3n) is 3.82. The zero-order valence-electron chi connectivity index (χ0n) is 13.5. The summed E-state index contributed by atoms with van der Waals surface area (Å²) in [5, 5.41) is 11.6. The number of aliphatic carboxylic acids is 1. The summed E-state index contributed by atoms with van der Waals surface area (Å²) in [6.07, 6.45) is 1.05. The van der Waals surface area contributed by atoms with Crippen molar-refractivity contribution in [3.05, 3.63) is 65.5 Å². The van der Waals surface area contributed by atoms with Crippen molar-refractivity contribution in [3.8, 4) is 0 Å². The monoisotopic (exact) mass is 329 g/mol. The van der Waals surface area contributed by atoms with Gasteiger partial charge in [0, 0.05) is 12.1 Å². The summed E-state index contributed by atoms with van der Waals surface area (Å²) in [4.78, 5) is 23.2. The van der Waals surface area contributed by atoms with Crippen molar-refractivity contribution in [1.29, 1.82) is 0 Å². The second-order valence-electron chi connectivity index (χ2n) is 5.60. The Labute approximate surface area is 140 Å². The lowest BCUT2D eigenvalue weighted by Crippen LogP contribution is -2.20. The van der Waals surface area contributed by atoms with E-state index < -0.39 is 5.97 Å². The van der Waals surface area contributed by atoms with E-state index in [9.17, 15) is 14.0 Å². The normalized spacial score (nSPS) is 11.8. The number of aryl methyl sites for hydroxylation is 1. The lowest BCUT2D eigenvalue weighted by Gasteiger charge is -2.16. The highest BCUT2D eigenvalue weighted by Crippen LogP contribution is 2.22. The van der Waals surface area contributed by atoms with Gasteiger partial charge in [-0.3, -0.25) is 9.59 Å². The van der Waals surface area contributed by atoms with Crippen LogP contribution in [0.25, 0.3) is 0 Å². The van der Waals surface area contributed by atoms with Crippen LogP contribution in [0.2, 0.25) is 0 Å². The molecule has 4 nitrogen and oxygen atoms in total. The Morgan fingerprint density at radius 3 is 2.50 bits per heavy atom. The highest BCUT2D eigenvalue weighted by Gasteiger charge is 2.19. The molecule has 0 aliphatic heterocycles. The van der Waals surface area contributed by atoms with Crippen molar-refractivity contribution >= 4 is 17.6 Å². The van der Waals surface area contributed by atoms with Crippen LogP contribution in [0.4, 0.5) is 10.1 Å². The van der Waals surface area contributed by atoms with Gasteiger partial charge >= 0.3 is 5.97 Å². The van der Waals surface area contributed by atoms with E-state index in [-0.39, 0.29) is 24.1 Å². The van der Waals surface area contributed by atoms with Crippen molar-refractivity contribution in [2.24, 2.45) is 0 Å². The Morgan fingerprint density at radius 2 is 1.88 bits per heavy atom. The van der Waals surface area contributed by atoms with Crippen LogP contribution in [0, 0.1) is 5.82 Å². The van der Waals surface area contributed by atoms with Crippen LogP contribution in [-0.2, 0) is 16.0 Å². The Morgan fingerprint density at radius 1 is 1.17 bits per heavy atom. The summed E-state index contributed by atoms with van der Waals surface area (Å²) in [7, 11) is 0. The van der Waals surface area contributed by atoms with Gasteiger partial charge in [0.15, 0.2) is 0 Å². The van der Waals surface area contributed by atoms with E-state index in [1.165, 1.54) is 12.1 Å². The van der Waals surface area contributed by atoms with Crippen LogP contribution in [-0.4, -0.2) is 17.0 Å². The van der Waals surface area contributed by atoms with Crippen molar-refractivity contribution in [3.63, 3.8) is 0 Å². The quantitative estimate of drug-likeness (QED) is 0.807. The molecule has 0 heterocycles. The van der Waals surface area contributed by atoms with Crippen molar-refractivity contribution in [1.82, 2.24) is 0 Å². The van der Waals surface area contributed by atoms with Gasteiger partial charge in [-0.2, -0.15) is 0 Å². The van der Waals surface area contributed by atoms with Gasteiger partial charge in [-0.25, -0.2) is 4.39 Å². The highest BCUT2D eigenvalue weighted by atomic mass is 19.1. The van der Waals surface area contributed by atoms with Crippen LogP contribution in [0.3, 0.4) is 0 Å². The fourth-order valence-electron chi connectivity index (χ4n) is 2.55. The molecule has 0 spiro atoms.